The Morgan fingerprint density at radius 2 is 2.38 bits per heavy atom. The van der Waals surface area contributed by atoms with Crippen LogP contribution in [-0.2, 0) is 0 Å². The van der Waals surface area contributed by atoms with Gasteiger partial charge in [0.05, 0.1) is 25.1 Å². The first-order chi connectivity index (χ1) is 10.1. The molecule has 1 aliphatic rings. The minimum absolute atomic E-state index is 0.0218. The Morgan fingerprint density at radius 1 is 1.62 bits per heavy atom. The molecule has 0 spiro atoms. The van der Waals surface area contributed by atoms with Gasteiger partial charge in [-0.15, -0.1) is 0 Å². The van der Waals surface area contributed by atoms with Gasteiger partial charge in [-0.1, -0.05) is 6.08 Å². The summed E-state index contributed by atoms with van der Waals surface area (Å²) in [6, 6.07) is -0.176. The molecule has 1 saturated carbocycles. The van der Waals surface area contributed by atoms with E-state index >= 15 is 0 Å². The van der Waals surface area contributed by atoms with Crippen LogP contribution < -0.4 is 11.3 Å². The quantitative estimate of drug-likeness (QED) is 0.555. The van der Waals surface area contributed by atoms with Crippen molar-refractivity contribution in [3.63, 3.8) is 0 Å². The maximum absolute atomic E-state index is 11.8. The summed E-state index contributed by atoms with van der Waals surface area (Å²) in [7, 11) is 0. The maximum atomic E-state index is 11.8. The van der Waals surface area contributed by atoms with Crippen LogP contribution in [0.1, 0.15) is 19.4 Å². The zero-order valence-electron chi connectivity index (χ0n) is 11.5. The van der Waals surface area contributed by atoms with E-state index in [1.54, 1.807) is 4.57 Å². The van der Waals surface area contributed by atoms with Crippen molar-refractivity contribution in [1.29, 1.82) is 0 Å². The minimum atomic E-state index is -0.630. The molecule has 2 aromatic rings. The molecular formula is C13H17N5O3. The van der Waals surface area contributed by atoms with Crippen molar-refractivity contribution in [3.8, 4) is 0 Å². The largest absolute Gasteiger partial charge is 0.396 e. The summed E-state index contributed by atoms with van der Waals surface area (Å²) in [4.78, 5) is 22.3. The molecular weight excluding hydrogens is 274 g/mol. The molecule has 1 fully saturated rings. The van der Waals surface area contributed by atoms with E-state index in [2.05, 4.69) is 15.0 Å². The van der Waals surface area contributed by atoms with E-state index in [0.717, 1.165) is 5.57 Å². The van der Waals surface area contributed by atoms with Gasteiger partial charge in [-0.3, -0.25) is 4.79 Å². The first kappa shape index (κ1) is 13.8. The molecule has 0 aliphatic heterocycles. The number of aromatic nitrogens is 4. The molecule has 1 aliphatic carbocycles. The van der Waals surface area contributed by atoms with E-state index in [4.69, 9.17) is 5.73 Å². The number of rotatable bonds is 2. The molecule has 5 N–H and O–H groups in total. The van der Waals surface area contributed by atoms with E-state index in [1.807, 2.05) is 13.0 Å². The number of anilines is 1. The fraction of sp³-hybridized carbons (Fsp3) is 0.462. The van der Waals surface area contributed by atoms with Gasteiger partial charge in [-0.25, -0.2) is 4.98 Å². The van der Waals surface area contributed by atoms with Crippen LogP contribution in [0.2, 0.25) is 0 Å². The summed E-state index contributed by atoms with van der Waals surface area (Å²) in [6.07, 6.45) is 3.23. The second-order valence-corrected chi connectivity index (χ2v) is 5.17. The maximum Gasteiger partial charge on any atom is 0.302 e. The number of imidazole rings is 1. The lowest BCUT2D eigenvalue weighted by atomic mass is 10.0. The van der Waals surface area contributed by atoms with Gasteiger partial charge >= 0.3 is 5.56 Å². The van der Waals surface area contributed by atoms with Crippen molar-refractivity contribution in [1.82, 2.24) is 19.5 Å². The Morgan fingerprint density at radius 3 is 3.05 bits per heavy atom. The lowest BCUT2D eigenvalue weighted by Gasteiger charge is -2.17. The summed E-state index contributed by atoms with van der Waals surface area (Å²) in [5.74, 6) is -0.281. The Bertz CT molecular complexity index is 763. The van der Waals surface area contributed by atoms with Crippen molar-refractivity contribution >= 4 is 17.1 Å². The fourth-order valence-electron chi connectivity index (χ4n) is 3.10. The number of nitrogens with two attached hydrogens (primary N) is 1. The number of H-pyrrole nitrogens is 1. The highest BCUT2D eigenvalue weighted by Crippen LogP contribution is 2.40. The Hall–Kier alpha value is -2.19. The standard InChI is InChI=1S/C13H17N5O3/c1-2-6-7(4-19)9(20)3-8(6)18-5-15-10-11(18)16-13(14)17-12(10)21/h2,5,7-9,19-20H,3-4H2,1H3,(H3,14,16,17,21)/b6-2-. The lowest BCUT2D eigenvalue weighted by Crippen LogP contribution is -2.18. The topological polar surface area (TPSA) is 130 Å². The summed E-state index contributed by atoms with van der Waals surface area (Å²) in [5, 5.41) is 19.5. The van der Waals surface area contributed by atoms with Crippen LogP contribution in [0.4, 0.5) is 5.95 Å². The van der Waals surface area contributed by atoms with Crippen LogP contribution in [-0.4, -0.2) is 42.4 Å². The Kier molecular flexibility index (Phi) is 3.26. The van der Waals surface area contributed by atoms with Crippen LogP contribution >= 0.6 is 0 Å². The number of hydrogen-bond donors (Lipinski definition) is 4. The molecule has 3 unspecified atom stereocenters. The lowest BCUT2D eigenvalue weighted by molar-refractivity contribution is 0.101. The van der Waals surface area contributed by atoms with Crippen LogP contribution in [0.5, 0.6) is 0 Å². The average molecular weight is 291 g/mol. The molecule has 0 bridgehead atoms. The molecule has 3 atom stereocenters. The number of fused-ring (bicyclic) bond motifs is 1. The third-order valence-corrected chi connectivity index (χ3v) is 4.07. The van der Waals surface area contributed by atoms with Crippen molar-refractivity contribution < 1.29 is 10.2 Å². The summed E-state index contributed by atoms with van der Waals surface area (Å²) >= 11 is 0. The predicted octanol–water partition coefficient (Wildman–Crippen LogP) is -0.438. The number of aromatic amines is 1. The third kappa shape index (κ3) is 2.03. The average Bonchev–Trinajstić information content (AvgIpc) is 2.98. The monoisotopic (exact) mass is 291 g/mol. The molecule has 8 heteroatoms. The van der Waals surface area contributed by atoms with Crippen LogP contribution in [0, 0.1) is 5.92 Å². The van der Waals surface area contributed by atoms with Crippen molar-refractivity contribution in [2.75, 3.05) is 12.3 Å². The van der Waals surface area contributed by atoms with Gasteiger partial charge in [0, 0.05) is 5.92 Å². The first-order valence-electron chi connectivity index (χ1n) is 6.74. The summed E-state index contributed by atoms with van der Waals surface area (Å²) in [6.45, 7) is 1.74. The molecule has 21 heavy (non-hydrogen) atoms. The number of aliphatic hydroxyl groups is 2. The van der Waals surface area contributed by atoms with Gasteiger partial charge in [0.25, 0.3) is 0 Å². The normalized spacial score (nSPS) is 27.8. The van der Waals surface area contributed by atoms with Crippen molar-refractivity contribution in [2.45, 2.75) is 25.5 Å². The van der Waals surface area contributed by atoms with E-state index in [0.29, 0.717) is 12.1 Å². The highest BCUT2D eigenvalue weighted by atomic mass is 16.3. The van der Waals surface area contributed by atoms with Gasteiger partial charge in [-0.2, -0.15) is 4.98 Å². The Labute approximate surface area is 120 Å². The molecule has 2 aromatic heterocycles. The van der Waals surface area contributed by atoms with E-state index in [-0.39, 0.29) is 30.0 Å². The molecule has 3 rings (SSSR count). The van der Waals surface area contributed by atoms with Gasteiger partial charge in [0.1, 0.15) is 5.65 Å². The number of nitrogens with zero attached hydrogens (tertiary/aromatic N) is 3. The molecule has 2 heterocycles. The van der Waals surface area contributed by atoms with Crippen LogP contribution in [0.15, 0.2) is 22.8 Å². The summed E-state index contributed by atoms with van der Waals surface area (Å²) in [5.41, 5.74) is 6.70. The van der Waals surface area contributed by atoms with E-state index in [9.17, 15) is 15.0 Å². The summed E-state index contributed by atoms with van der Waals surface area (Å²) < 4.78 is 1.77. The zero-order chi connectivity index (χ0) is 15.1. The van der Waals surface area contributed by atoms with E-state index in [1.165, 1.54) is 6.33 Å². The number of nitrogen functional groups attached to an aromatic ring is 1. The zero-order valence-corrected chi connectivity index (χ0v) is 11.5. The number of allylic oxidation sites excluding steroid dienone is 1. The van der Waals surface area contributed by atoms with Gasteiger partial charge in [0.2, 0.25) is 5.95 Å². The smallest absolute Gasteiger partial charge is 0.302 e. The molecule has 8 nitrogen and oxygen atoms in total. The van der Waals surface area contributed by atoms with Crippen molar-refractivity contribution in [3.05, 3.63) is 28.3 Å². The van der Waals surface area contributed by atoms with Gasteiger partial charge in [-0.05, 0) is 18.9 Å². The second kappa shape index (κ2) is 4.97. The Balaban J connectivity index is 2.15. The van der Waals surface area contributed by atoms with Crippen molar-refractivity contribution in [2.24, 2.45) is 5.92 Å². The molecule has 0 aromatic carbocycles. The van der Waals surface area contributed by atoms with Gasteiger partial charge < -0.3 is 25.5 Å². The number of aliphatic hydroxyl groups excluding tert-OH is 2. The first-order valence-corrected chi connectivity index (χ1v) is 6.74. The second-order valence-electron chi connectivity index (χ2n) is 5.17. The molecule has 0 radical (unpaired) electrons. The van der Waals surface area contributed by atoms with Crippen LogP contribution in [0.3, 0.4) is 0 Å². The number of nitrogens with one attached hydrogen (secondary N) is 1. The predicted molar refractivity (Wildman–Crippen MR) is 76.6 cm³/mol. The molecule has 0 saturated heterocycles. The minimum Gasteiger partial charge on any atom is -0.396 e. The third-order valence-electron chi connectivity index (χ3n) is 4.07. The SMILES string of the molecule is C/C=C1/C(CO)C(O)CC1n1cnc2c(=O)nc(N)[nH]c21. The number of hydrogen-bond acceptors (Lipinski definition) is 6. The fourth-order valence-corrected chi connectivity index (χ4v) is 3.10. The van der Waals surface area contributed by atoms with Crippen LogP contribution in [0.25, 0.3) is 11.2 Å². The molecule has 112 valence electrons. The van der Waals surface area contributed by atoms with E-state index < -0.39 is 11.7 Å². The molecule has 0 amide bonds. The van der Waals surface area contributed by atoms with Gasteiger partial charge in [0.15, 0.2) is 5.52 Å². The highest BCUT2D eigenvalue weighted by molar-refractivity contribution is 5.71. The highest BCUT2D eigenvalue weighted by Gasteiger charge is 2.38.